The number of nitriles is 1. The zero-order valence-electron chi connectivity index (χ0n) is 16.5. The maximum atomic E-state index is 12.5. The molecule has 0 aliphatic rings. The number of amides is 1. The van der Waals surface area contributed by atoms with Crippen molar-refractivity contribution in [2.24, 2.45) is 0 Å². The number of ether oxygens (including phenoxy) is 1. The standard InChI is InChI=1S/C25H22N2O2/c1-18-7-5-9-20(13-18)17-29-24-12-4-3-10-21(24)15-22(16-26)25(28)27-23-11-6-8-19(2)14-23/h3-15H,17H2,1-2H3,(H,27,28)/b22-15+. The molecule has 4 heteroatoms. The summed E-state index contributed by atoms with van der Waals surface area (Å²) in [7, 11) is 0. The van der Waals surface area contributed by atoms with Gasteiger partial charge in [0.2, 0.25) is 0 Å². The fourth-order valence-electron chi connectivity index (χ4n) is 2.92. The van der Waals surface area contributed by atoms with Crippen LogP contribution in [0.15, 0.2) is 78.4 Å². The molecule has 0 heterocycles. The fourth-order valence-corrected chi connectivity index (χ4v) is 2.92. The first-order valence-electron chi connectivity index (χ1n) is 9.32. The van der Waals surface area contributed by atoms with Crippen molar-refractivity contribution in [1.82, 2.24) is 0 Å². The summed E-state index contributed by atoms with van der Waals surface area (Å²) in [6.45, 7) is 4.38. The van der Waals surface area contributed by atoms with Crippen molar-refractivity contribution in [3.05, 3.63) is 101 Å². The van der Waals surface area contributed by atoms with Crippen molar-refractivity contribution in [1.29, 1.82) is 5.26 Å². The fraction of sp³-hybridized carbons (Fsp3) is 0.120. The van der Waals surface area contributed by atoms with Crippen LogP contribution in [0.3, 0.4) is 0 Å². The van der Waals surface area contributed by atoms with Crippen molar-refractivity contribution in [3.8, 4) is 11.8 Å². The number of nitrogens with zero attached hydrogens (tertiary/aromatic N) is 1. The molecule has 0 radical (unpaired) electrons. The smallest absolute Gasteiger partial charge is 0.266 e. The maximum Gasteiger partial charge on any atom is 0.266 e. The lowest BCUT2D eigenvalue weighted by Gasteiger charge is -2.10. The van der Waals surface area contributed by atoms with Gasteiger partial charge in [-0.3, -0.25) is 4.79 Å². The minimum atomic E-state index is -0.452. The third kappa shape index (κ3) is 5.57. The van der Waals surface area contributed by atoms with E-state index in [1.807, 2.05) is 80.6 Å². The summed E-state index contributed by atoms with van der Waals surface area (Å²) < 4.78 is 5.95. The Hall–Kier alpha value is -3.84. The van der Waals surface area contributed by atoms with Gasteiger partial charge in [-0.25, -0.2) is 0 Å². The van der Waals surface area contributed by atoms with E-state index in [0.717, 1.165) is 11.1 Å². The van der Waals surface area contributed by atoms with E-state index in [2.05, 4.69) is 11.4 Å². The summed E-state index contributed by atoms with van der Waals surface area (Å²) in [6, 6.07) is 24.9. The molecule has 0 atom stereocenters. The van der Waals surface area contributed by atoms with Crippen LogP contribution >= 0.6 is 0 Å². The van der Waals surface area contributed by atoms with Crippen LogP contribution in [-0.4, -0.2) is 5.91 Å². The van der Waals surface area contributed by atoms with Gasteiger partial charge in [0.25, 0.3) is 5.91 Å². The topological polar surface area (TPSA) is 62.1 Å². The molecule has 0 aliphatic heterocycles. The molecule has 0 aromatic heterocycles. The Morgan fingerprint density at radius 1 is 1.00 bits per heavy atom. The number of hydrogen-bond acceptors (Lipinski definition) is 3. The number of hydrogen-bond donors (Lipinski definition) is 1. The van der Waals surface area contributed by atoms with Gasteiger partial charge in [0.15, 0.2) is 0 Å². The maximum absolute atomic E-state index is 12.5. The monoisotopic (exact) mass is 382 g/mol. The minimum Gasteiger partial charge on any atom is -0.488 e. The number of carbonyl (C=O) groups is 1. The molecule has 0 unspecified atom stereocenters. The number of benzene rings is 3. The minimum absolute atomic E-state index is 0.0121. The highest BCUT2D eigenvalue weighted by molar-refractivity contribution is 6.09. The van der Waals surface area contributed by atoms with Crippen LogP contribution in [-0.2, 0) is 11.4 Å². The van der Waals surface area contributed by atoms with Gasteiger partial charge < -0.3 is 10.1 Å². The third-order valence-corrected chi connectivity index (χ3v) is 4.34. The average molecular weight is 382 g/mol. The van der Waals surface area contributed by atoms with Crippen molar-refractivity contribution in [2.75, 3.05) is 5.32 Å². The lowest BCUT2D eigenvalue weighted by molar-refractivity contribution is -0.112. The first kappa shape index (κ1) is 19.9. The van der Waals surface area contributed by atoms with E-state index in [1.54, 1.807) is 12.1 Å². The van der Waals surface area contributed by atoms with Crippen molar-refractivity contribution in [2.45, 2.75) is 20.5 Å². The molecule has 0 bridgehead atoms. The molecule has 3 aromatic carbocycles. The van der Waals surface area contributed by atoms with Gasteiger partial charge in [-0.05, 0) is 49.2 Å². The van der Waals surface area contributed by atoms with Crippen molar-refractivity contribution < 1.29 is 9.53 Å². The van der Waals surface area contributed by atoms with Crippen LogP contribution in [0.1, 0.15) is 22.3 Å². The molecule has 4 nitrogen and oxygen atoms in total. The predicted molar refractivity (Wildman–Crippen MR) is 115 cm³/mol. The van der Waals surface area contributed by atoms with Crippen LogP contribution in [0.25, 0.3) is 6.08 Å². The summed E-state index contributed by atoms with van der Waals surface area (Å²) in [5, 5.41) is 12.3. The largest absolute Gasteiger partial charge is 0.488 e. The Balaban J connectivity index is 1.78. The number of para-hydroxylation sites is 1. The Kier molecular flexibility index (Phi) is 6.44. The average Bonchev–Trinajstić information content (AvgIpc) is 2.71. The summed E-state index contributed by atoms with van der Waals surface area (Å²) in [4.78, 5) is 12.5. The van der Waals surface area contributed by atoms with Crippen LogP contribution < -0.4 is 10.1 Å². The second-order valence-electron chi connectivity index (χ2n) is 6.81. The van der Waals surface area contributed by atoms with Crippen LogP contribution in [0.4, 0.5) is 5.69 Å². The first-order chi connectivity index (χ1) is 14.0. The normalized spacial score (nSPS) is 10.9. The molecular weight excluding hydrogens is 360 g/mol. The highest BCUT2D eigenvalue weighted by Gasteiger charge is 2.11. The van der Waals surface area contributed by atoms with E-state index in [0.29, 0.717) is 23.6 Å². The molecule has 1 amide bonds. The van der Waals surface area contributed by atoms with E-state index in [9.17, 15) is 10.1 Å². The van der Waals surface area contributed by atoms with Gasteiger partial charge >= 0.3 is 0 Å². The van der Waals surface area contributed by atoms with Gasteiger partial charge in [0.05, 0.1) is 0 Å². The van der Waals surface area contributed by atoms with E-state index >= 15 is 0 Å². The number of carbonyl (C=O) groups excluding carboxylic acids is 1. The molecule has 3 aromatic rings. The third-order valence-electron chi connectivity index (χ3n) is 4.34. The van der Waals surface area contributed by atoms with Gasteiger partial charge in [0.1, 0.15) is 24.0 Å². The number of anilines is 1. The molecule has 0 fully saturated rings. The van der Waals surface area contributed by atoms with Crippen molar-refractivity contribution in [3.63, 3.8) is 0 Å². The lowest BCUT2D eigenvalue weighted by Crippen LogP contribution is -2.13. The van der Waals surface area contributed by atoms with Gasteiger partial charge in [-0.15, -0.1) is 0 Å². The Morgan fingerprint density at radius 3 is 2.45 bits per heavy atom. The van der Waals surface area contributed by atoms with Crippen LogP contribution in [0, 0.1) is 25.2 Å². The number of rotatable bonds is 6. The van der Waals surface area contributed by atoms with E-state index < -0.39 is 5.91 Å². The second-order valence-corrected chi connectivity index (χ2v) is 6.81. The van der Waals surface area contributed by atoms with Gasteiger partial charge in [-0.2, -0.15) is 5.26 Å². The molecule has 0 saturated heterocycles. The second kappa shape index (κ2) is 9.38. The molecule has 3 rings (SSSR count). The first-order valence-corrected chi connectivity index (χ1v) is 9.32. The zero-order valence-corrected chi connectivity index (χ0v) is 16.5. The molecule has 0 saturated carbocycles. The van der Waals surface area contributed by atoms with Crippen LogP contribution in [0.5, 0.6) is 5.75 Å². The summed E-state index contributed by atoms with van der Waals surface area (Å²) in [5.74, 6) is 0.164. The van der Waals surface area contributed by atoms with Crippen molar-refractivity contribution >= 4 is 17.7 Å². The quantitative estimate of drug-likeness (QED) is 0.457. The number of nitrogens with one attached hydrogen (secondary N) is 1. The predicted octanol–water partition coefficient (Wildman–Crippen LogP) is 5.43. The van der Waals surface area contributed by atoms with E-state index in [1.165, 1.54) is 5.56 Å². The highest BCUT2D eigenvalue weighted by atomic mass is 16.5. The SMILES string of the molecule is Cc1cccc(COc2ccccc2/C=C(\C#N)C(=O)Nc2cccc(C)c2)c1. The summed E-state index contributed by atoms with van der Waals surface area (Å²) in [5.41, 5.74) is 4.59. The molecule has 0 aliphatic carbocycles. The molecule has 0 spiro atoms. The molecule has 29 heavy (non-hydrogen) atoms. The Morgan fingerprint density at radius 2 is 1.72 bits per heavy atom. The van der Waals surface area contributed by atoms with Crippen LogP contribution in [0.2, 0.25) is 0 Å². The zero-order chi connectivity index (χ0) is 20.6. The number of aryl methyl sites for hydroxylation is 2. The summed E-state index contributed by atoms with van der Waals surface area (Å²) >= 11 is 0. The summed E-state index contributed by atoms with van der Waals surface area (Å²) in [6.07, 6.45) is 1.55. The van der Waals surface area contributed by atoms with Gasteiger partial charge in [0, 0.05) is 11.3 Å². The molecule has 144 valence electrons. The van der Waals surface area contributed by atoms with Gasteiger partial charge in [-0.1, -0.05) is 60.2 Å². The Bertz CT molecular complexity index is 1090. The molecular formula is C25H22N2O2. The lowest BCUT2D eigenvalue weighted by atomic mass is 10.1. The van der Waals surface area contributed by atoms with E-state index in [4.69, 9.17) is 4.74 Å². The highest BCUT2D eigenvalue weighted by Crippen LogP contribution is 2.23. The van der Waals surface area contributed by atoms with E-state index in [-0.39, 0.29) is 5.57 Å². The Labute approximate surface area is 171 Å². The molecule has 1 N–H and O–H groups in total.